The molecule has 0 fully saturated rings. The molecule has 1 aromatic carbocycles. The molecule has 0 aliphatic heterocycles. The van der Waals surface area contributed by atoms with Crippen LogP contribution in [-0.4, -0.2) is 21.4 Å². The number of benzene rings is 1. The summed E-state index contributed by atoms with van der Waals surface area (Å²) in [6.07, 6.45) is 0.453. The number of anilines is 1. The molecule has 2 aromatic rings. The summed E-state index contributed by atoms with van der Waals surface area (Å²) in [6.45, 7) is 3.54. The molecule has 0 bridgehead atoms. The number of carbonyl (C=O) groups excluding carboxylic acids is 1. The van der Waals surface area contributed by atoms with E-state index in [1.54, 1.807) is 27.0 Å². The molecule has 24 heavy (non-hydrogen) atoms. The van der Waals surface area contributed by atoms with E-state index in [0.29, 0.717) is 17.7 Å². The lowest BCUT2D eigenvalue weighted by molar-refractivity contribution is -0.772. The summed E-state index contributed by atoms with van der Waals surface area (Å²) in [4.78, 5) is 22.8. The topological polar surface area (TPSA) is 125 Å². The maximum Gasteiger partial charge on any atom is 0.291 e. The first kappa shape index (κ1) is 17.7. The van der Waals surface area contributed by atoms with E-state index in [2.05, 4.69) is 15.1 Å². The van der Waals surface area contributed by atoms with Crippen molar-refractivity contribution in [2.24, 2.45) is 7.05 Å². The van der Waals surface area contributed by atoms with Gasteiger partial charge in [-0.25, -0.2) is 0 Å². The monoisotopic (exact) mass is 352 g/mol. The number of nitrogens with one attached hydrogen (secondary N) is 1. The second-order valence-corrected chi connectivity index (χ2v) is 6.24. The summed E-state index contributed by atoms with van der Waals surface area (Å²) < 4.78 is 5.80. The van der Waals surface area contributed by atoms with Gasteiger partial charge in [0, 0.05) is 12.1 Å². The largest absolute Gasteiger partial charge is 0.538 e. The van der Waals surface area contributed by atoms with Gasteiger partial charge in [0.2, 0.25) is 5.91 Å². The first-order valence-corrected chi connectivity index (χ1v) is 7.97. The Hall–Kier alpha value is -2.62. The summed E-state index contributed by atoms with van der Waals surface area (Å²) in [5.41, 5.74) is 0.961. The molecule has 0 spiro atoms. The van der Waals surface area contributed by atoms with Gasteiger partial charge in [-0.15, -0.1) is 0 Å². The van der Waals surface area contributed by atoms with E-state index in [1.165, 1.54) is 16.8 Å². The van der Waals surface area contributed by atoms with Crippen LogP contribution in [0.15, 0.2) is 27.7 Å². The minimum absolute atomic E-state index is 0.108. The van der Waals surface area contributed by atoms with Crippen molar-refractivity contribution in [3.63, 3.8) is 0 Å². The van der Waals surface area contributed by atoms with Gasteiger partial charge in [-0.1, -0.05) is 17.7 Å². The molecular weight excluding hydrogens is 336 g/mol. The number of nitro benzene ring substituents is 1. The Morgan fingerprint density at radius 3 is 2.79 bits per heavy atom. The van der Waals surface area contributed by atoms with Gasteiger partial charge in [-0.3, -0.25) is 14.9 Å². The summed E-state index contributed by atoms with van der Waals surface area (Å²) in [6, 6.07) is 4.25. The number of nitro groups is 1. The molecule has 1 N–H and O–H groups in total. The number of non-ortho nitro benzene ring substituents is 1. The Balaban J connectivity index is 2.18. The van der Waals surface area contributed by atoms with E-state index in [9.17, 15) is 20.0 Å². The minimum atomic E-state index is -0.611. The van der Waals surface area contributed by atoms with Gasteiger partial charge in [0.15, 0.2) is 13.0 Å². The molecule has 1 aromatic heterocycles. The fourth-order valence-electron chi connectivity index (χ4n) is 1.96. The molecule has 2 rings (SSSR count). The number of hydrogen-bond acceptors (Lipinski definition) is 7. The van der Waals surface area contributed by atoms with E-state index >= 15 is 0 Å². The molecular formula is C14H16N4O5S. The molecule has 0 radical (unpaired) electrons. The maximum atomic E-state index is 12.5. The van der Waals surface area contributed by atoms with E-state index in [1.807, 2.05) is 0 Å². The Kier molecular flexibility index (Phi) is 5.39. The molecule has 0 saturated heterocycles. The van der Waals surface area contributed by atoms with Crippen molar-refractivity contribution in [1.29, 1.82) is 0 Å². The van der Waals surface area contributed by atoms with Crippen LogP contribution in [0.25, 0.3) is 0 Å². The number of carbonyl (C=O) groups is 1. The van der Waals surface area contributed by atoms with Crippen LogP contribution in [0.1, 0.15) is 18.9 Å². The van der Waals surface area contributed by atoms with Crippen LogP contribution in [0.4, 0.5) is 11.4 Å². The maximum absolute atomic E-state index is 12.5. The quantitative estimate of drug-likeness (QED) is 0.359. The van der Waals surface area contributed by atoms with Gasteiger partial charge >= 0.3 is 0 Å². The lowest BCUT2D eigenvalue weighted by atomic mass is 10.1. The molecule has 1 amide bonds. The highest BCUT2D eigenvalue weighted by atomic mass is 32.2. The molecule has 1 heterocycles. The summed E-state index contributed by atoms with van der Waals surface area (Å²) in [5.74, 6) is -0.966. The van der Waals surface area contributed by atoms with Crippen LogP contribution in [0, 0.1) is 17.0 Å². The van der Waals surface area contributed by atoms with Crippen LogP contribution in [-0.2, 0) is 11.8 Å². The highest BCUT2D eigenvalue weighted by molar-refractivity contribution is 8.00. The number of aryl methyl sites for hydroxylation is 2. The molecule has 0 saturated carbocycles. The highest BCUT2D eigenvalue weighted by Crippen LogP contribution is 2.29. The Morgan fingerprint density at radius 2 is 2.25 bits per heavy atom. The fraction of sp³-hybridized carbons (Fsp3) is 0.357. The Labute approximate surface area is 141 Å². The SMILES string of the molecule is CCC(Sc1c([O-])on[n+]1C)C(=O)Nc1cc([N+](=O)[O-])ccc1C. The molecule has 1 unspecified atom stereocenters. The van der Waals surface area contributed by atoms with Crippen molar-refractivity contribution in [3.05, 3.63) is 33.9 Å². The second-order valence-electron chi connectivity index (χ2n) is 5.05. The summed E-state index contributed by atoms with van der Waals surface area (Å²) in [7, 11) is 1.54. The minimum Gasteiger partial charge on any atom is -0.538 e. The second kappa shape index (κ2) is 7.30. The number of rotatable bonds is 6. The molecule has 128 valence electrons. The van der Waals surface area contributed by atoms with Crippen molar-refractivity contribution in [3.8, 4) is 5.95 Å². The normalized spacial score (nSPS) is 12.0. The third-order valence-corrected chi connectivity index (χ3v) is 4.81. The average Bonchev–Trinajstić information content (AvgIpc) is 2.85. The zero-order valence-electron chi connectivity index (χ0n) is 13.3. The van der Waals surface area contributed by atoms with Crippen LogP contribution < -0.4 is 15.1 Å². The van der Waals surface area contributed by atoms with Gasteiger partial charge in [-0.2, -0.15) is 0 Å². The number of aromatic nitrogens is 2. The van der Waals surface area contributed by atoms with Crippen molar-refractivity contribution < 1.29 is 24.0 Å². The van der Waals surface area contributed by atoms with E-state index in [0.717, 1.165) is 11.8 Å². The Morgan fingerprint density at radius 1 is 1.54 bits per heavy atom. The van der Waals surface area contributed by atoms with Crippen molar-refractivity contribution >= 4 is 29.0 Å². The third kappa shape index (κ3) is 3.82. The van der Waals surface area contributed by atoms with Crippen LogP contribution in [0.5, 0.6) is 5.95 Å². The van der Waals surface area contributed by atoms with Crippen LogP contribution in [0.3, 0.4) is 0 Å². The van der Waals surface area contributed by atoms with E-state index < -0.39 is 16.1 Å². The predicted molar refractivity (Wildman–Crippen MR) is 83.5 cm³/mol. The van der Waals surface area contributed by atoms with Gasteiger partial charge in [0.05, 0.1) is 21.1 Å². The molecule has 0 aliphatic carbocycles. The number of nitrogens with zero attached hydrogens (tertiary/aromatic N) is 3. The van der Waals surface area contributed by atoms with Crippen LogP contribution in [0.2, 0.25) is 0 Å². The van der Waals surface area contributed by atoms with Crippen LogP contribution >= 0.6 is 11.8 Å². The van der Waals surface area contributed by atoms with Gasteiger partial charge in [-0.05, 0) is 30.7 Å². The highest BCUT2D eigenvalue weighted by Gasteiger charge is 2.26. The average molecular weight is 352 g/mol. The first-order chi connectivity index (χ1) is 11.3. The number of amides is 1. The summed E-state index contributed by atoms with van der Waals surface area (Å²) >= 11 is 1.04. The van der Waals surface area contributed by atoms with Crippen molar-refractivity contribution in [2.75, 3.05) is 5.32 Å². The third-order valence-electron chi connectivity index (χ3n) is 3.32. The van der Waals surface area contributed by atoms with Gasteiger partial charge in [0.1, 0.15) is 0 Å². The standard InChI is InChI=1S/C14H16N4O5S/c1-4-11(24-13-14(20)23-16-17(13)3)12(19)15-10-7-9(18(21)22)6-5-8(10)2/h5-7,11H,4H2,1-3H3,(H-,15,16,19,20). The Bertz CT molecular complexity index is 757. The van der Waals surface area contributed by atoms with Gasteiger partial charge in [0.25, 0.3) is 10.7 Å². The summed E-state index contributed by atoms with van der Waals surface area (Å²) in [5, 5.41) is 28.3. The molecule has 10 heteroatoms. The fourth-order valence-corrected chi connectivity index (χ4v) is 2.88. The van der Waals surface area contributed by atoms with E-state index in [-0.39, 0.29) is 16.6 Å². The molecule has 0 aliphatic rings. The van der Waals surface area contributed by atoms with E-state index in [4.69, 9.17) is 0 Å². The predicted octanol–water partition coefficient (Wildman–Crippen LogP) is 1.30. The zero-order chi connectivity index (χ0) is 17.9. The van der Waals surface area contributed by atoms with Gasteiger partial charge < -0.3 is 14.9 Å². The first-order valence-electron chi connectivity index (χ1n) is 7.09. The van der Waals surface area contributed by atoms with Crippen molar-refractivity contribution in [2.45, 2.75) is 30.5 Å². The number of hydrogen-bond donors (Lipinski definition) is 1. The lowest BCUT2D eigenvalue weighted by Crippen LogP contribution is -2.34. The molecule has 9 nitrogen and oxygen atoms in total. The lowest BCUT2D eigenvalue weighted by Gasteiger charge is -2.14. The molecule has 1 atom stereocenters. The zero-order valence-corrected chi connectivity index (χ0v) is 14.1. The number of thioether (sulfide) groups is 1. The van der Waals surface area contributed by atoms with Crippen molar-refractivity contribution in [1.82, 2.24) is 5.27 Å². The smallest absolute Gasteiger partial charge is 0.291 e.